The molecule has 0 amide bonds. The molecule has 28 nitrogen and oxygen atoms in total. The molecule has 3 aromatic heterocycles. The zero-order chi connectivity index (χ0) is 46.7. The van der Waals surface area contributed by atoms with Gasteiger partial charge in [-0.05, 0) is 6.92 Å². The second kappa shape index (κ2) is 21.7. The molecule has 0 unspecified atom stereocenters. The van der Waals surface area contributed by atoms with Gasteiger partial charge in [0.05, 0.1) is 74.6 Å². The maximum absolute atomic E-state index is 10.9. The van der Waals surface area contributed by atoms with Gasteiger partial charge < -0.3 is 94.1 Å². The molecule has 4 aliphatic heterocycles. The van der Waals surface area contributed by atoms with E-state index in [4.69, 9.17) is 61.1 Å². The van der Waals surface area contributed by atoms with Crippen LogP contribution >= 0.6 is 23.2 Å². The quantitative estimate of drug-likeness (QED) is 0.0497. The summed E-state index contributed by atoms with van der Waals surface area (Å²) in [5.74, 6) is -2.72. The van der Waals surface area contributed by atoms with E-state index < -0.39 is 128 Å². The van der Waals surface area contributed by atoms with Crippen LogP contribution in [0.25, 0.3) is 0 Å². The Morgan fingerprint density at radius 3 is 1.80 bits per heavy atom. The standard InChI is InChI=1S/C35H53Cl2N9O19/c1-2-58-10-15-5-44(41-39-15)7-18-23(49)27(53)30(56)33(62-18)60-13-46-4-14(38-43-46)3-17-22(48)26(52)29(55)32(61-17)59-11-16-6-45(42-40-16)8-19-24(50)31(57)35(12-36,64-19)65-34-28(54)25(51)21(37)20(9-47)63-34/h4-6,17-34,47-57H,2-3,7-13H2,1H3/t17-,18+,19-,20-,21+,22+,23-,24+,25+,26+,27-,28-,29+,30-,31+,32-,33+,34+,35+/m0/s1. The van der Waals surface area contributed by atoms with Crippen LogP contribution in [0.5, 0.6) is 0 Å². The summed E-state index contributed by atoms with van der Waals surface area (Å²) < 4.78 is 49.2. The SMILES string of the molecule is CCOCc1cn(C[C@H]2O[C@@H](OCn3cc(C[C@@H]4O[C@H](OCc5cn(C[C@@H]6O[C@](CCl)(O[C@H]7O[C@@H](CO)[C@@H](Cl)[C@@H](O)[C@@H]7O)[C@H](O)[C@@H]6O)nn5)[C@H](O)[C@H](O)[C@@H]4O)nn3)[C@@H](O)[C@@H](O)[C@H]2O)nn1. The van der Waals surface area contributed by atoms with E-state index in [-0.39, 0.29) is 50.8 Å². The van der Waals surface area contributed by atoms with Gasteiger partial charge in [0.15, 0.2) is 18.9 Å². The molecule has 0 saturated carbocycles. The molecule has 30 heteroatoms. The van der Waals surface area contributed by atoms with Crippen molar-refractivity contribution >= 4 is 23.2 Å². The van der Waals surface area contributed by atoms with Gasteiger partial charge in [-0.15, -0.1) is 38.5 Å². The smallest absolute Gasteiger partial charge is 0.214 e. The number of hydrogen-bond donors (Lipinski definition) is 11. The van der Waals surface area contributed by atoms with Crippen molar-refractivity contribution in [3.05, 3.63) is 35.7 Å². The minimum atomic E-state index is -2.15. The summed E-state index contributed by atoms with van der Waals surface area (Å²) >= 11 is 12.2. The fraction of sp³-hybridized carbons (Fsp3) is 0.829. The van der Waals surface area contributed by atoms with Crippen LogP contribution in [-0.4, -0.2) is 236 Å². The van der Waals surface area contributed by atoms with Crippen molar-refractivity contribution in [2.45, 2.75) is 162 Å². The van der Waals surface area contributed by atoms with E-state index in [1.54, 1.807) is 6.20 Å². The maximum atomic E-state index is 10.9. The number of aliphatic hydroxyl groups excluding tert-OH is 11. The van der Waals surface area contributed by atoms with Crippen LogP contribution in [0.2, 0.25) is 0 Å². The minimum absolute atomic E-state index is 0.0325. The third-order valence-electron chi connectivity index (χ3n) is 11.3. The van der Waals surface area contributed by atoms with Crippen LogP contribution < -0.4 is 0 Å². The summed E-state index contributed by atoms with van der Waals surface area (Å²) in [4.78, 5) is 0. The number of nitrogens with zero attached hydrogens (tertiary/aromatic N) is 9. The molecule has 0 spiro atoms. The van der Waals surface area contributed by atoms with Crippen molar-refractivity contribution in [1.82, 2.24) is 45.0 Å². The molecule has 11 N–H and O–H groups in total. The molecule has 4 fully saturated rings. The van der Waals surface area contributed by atoms with Gasteiger partial charge in [0.25, 0.3) is 0 Å². The van der Waals surface area contributed by atoms with E-state index in [0.717, 1.165) is 0 Å². The number of aliphatic hydroxyl groups is 11. The van der Waals surface area contributed by atoms with Gasteiger partial charge in [-0.25, -0.2) is 14.0 Å². The first-order valence-corrected chi connectivity index (χ1v) is 21.4. The van der Waals surface area contributed by atoms with Crippen LogP contribution in [-0.2, 0) is 77.3 Å². The summed E-state index contributed by atoms with van der Waals surface area (Å²) in [6, 6.07) is 0. The lowest BCUT2D eigenvalue weighted by atomic mass is 9.96. The second-order valence-electron chi connectivity index (χ2n) is 15.9. The normalized spacial score (nSPS) is 40.2. The number of alkyl halides is 2. The van der Waals surface area contributed by atoms with E-state index in [2.05, 4.69) is 30.9 Å². The Bertz CT molecular complexity index is 1960. The van der Waals surface area contributed by atoms with E-state index in [9.17, 15) is 56.2 Å². The van der Waals surface area contributed by atoms with Gasteiger partial charge in [-0.3, -0.25) is 0 Å². The molecule has 3 aromatic rings. The molecule has 7 rings (SSSR count). The van der Waals surface area contributed by atoms with Crippen molar-refractivity contribution in [1.29, 1.82) is 0 Å². The van der Waals surface area contributed by atoms with Gasteiger partial charge in [0.2, 0.25) is 5.79 Å². The molecule has 4 aliphatic rings. The summed E-state index contributed by atoms with van der Waals surface area (Å²) in [5.41, 5.74) is 0.969. The molecule has 0 bridgehead atoms. The molecule has 4 saturated heterocycles. The van der Waals surface area contributed by atoms with E-state index >= 15 is 0 Å². The summed E-state index contributed by atoms with van der Waals surface area (Å²) in [7, 11) is 0. The van der Waals surface area contributed by atoms with Gasteiger partial charge in [-0.1, -0.05) is 15.6 Å². The first-order valence-electron chi connectivity index (χ1n) is 20.5. The summed E-state index contributed by atoms with van der Waals surface area (Å²) in [6.45, 7) is 0.976. The minimum Gasteiger partial charge on any atom is -0.394 e. The van der Waals surface area contributed by atoms with Crippen LogP contribution in [0.4, 0.5) is 0 Å². The average Bonchev–Trinajstić information content (AvgIpc) is 4.11. The molecule has 366 valence electrons. The van der Waals surface area contributed by atoms with Crippen LogP contribution in [0.3, 0.4) is 0 Å². The number of halogens is 2. The van der Waals surface area contributed by atoms with Crippen LogP contribution in [0.15, 0.2) is 18.6 Å². The Kier molecular flexibility index (Phi) is 16.7. The van der Waals surface area contributed by atoms with Crippen molar-refractivity contribution in [2.75, 3.05) is 19.1 Å². The molecule has 65 heavy (non-hydrogen) atoms. The predicted molar refractivity (Wildman–Crippen MR) is 207 cm³/mol. The molecule has 0 aromatic carbocycles. The highest BCUT2D eigenvalue weighted by Crippen LogP contribution is 2.38. The highest BCUT2D eigenvalue weighted by atomic mass is 35.5. The van der Waals surface area contributed by atoms with E-state index in [1.165, 1.54) is 26.4 Å². The number of ether oxygens (including phenoxy) is 8. The molecule has 0 aliphatic carbocycles. The average molecular weight is 975 g/mol. The van der Waals surface area contributed by atoms with Gasteiger partial charge in [0, 0.05) is 13.0 Å². The Labute approximate surface area is 378 Å². The summed E-state index contributed by atoms with van der Waals surface area (Å²) in [5, 5.41) is 139. The Hall–Kier alpha value is -2.76. The van der Waals surface area contributed by atoms with Crippen molar-refractivity contribution in [3.8, 4) is 0 Å². The topological polar surface area (TPSA) is 388 Å². The Morgan fingerprint density at radius 2 is 1.15 bits per heavy atom. The Morgan fingerprint density at radius 1 is 0.615 bits per heavy atom. The van der Waals surface area contributed by atoms with E-state index in [0.29, 0.717) is 12.3 Å². The van der Waals surface area contributed by atoms with Gasteiger partial charge >= 0.3 is 0 Å². The van der Waals surface area contributed by atoms with E-state index in [1.807, 2.05) is 6.92 Å². The fourth-order valence-corrected chi connectivity index (χ4v) is 8.16. The lowest BCUT2D eigenvalue weighted by molar-refractivity contribution is -0.358. The van der Waals surface area contributed by atoms with Crippen LogP contribution in [0, 0.1) is 0 Å². The highest BCUT2D eigenvalue weighted by Gasteiger charge is 2.58. The largest absolute Gasteiger partial charge is 0.394 e. The predicted octanol–water partition coefficient (Wildman–Crippen LogP) is -6.83. The molecule has 7 heterocycles. The highest BCUT2D eigenvalue weighted by molar-refractivity contribution is 6.21. The van der Waals surface area contributed by atoms with Gasteiger partial charge in [0.1, 0.15) is 97.5 Å². The number of rotatable bonds is 19. The lowest BCUT2D eigenvalue weighted by Gasteiger charge is -2.43. The molecule has 19 atom stereocenters. The zero-order valence-corrected chi connectivity index (χ0v) is 36.0. The zero-order valence-electron chi connectivity index (χ0n) is 34.5. The Balaban J connectivity index is 0.899. The second-order valence-corrected chi connectivity index (χ2v) is 16.7. The maximum Gasteiger partial charge on any atom is 0.214 e. The third-order valence-corrected chi connectivity index (χ3v) is 12.2. The van der Waals surface area contributed by atoms with Crippen molar-refractivity contribution < 1.29 is 94.1 Å². The molecular formula is C35H53Cl2N9O19. The first-order chi connectivity index (χ1) is 31.1. The first kappa shape index (κ1) is 50.1. The van der Waals surface area contributed by atoms with Crippen molar-refractivity contribution in [2.24, 2.45) is 0 Å². The number of hydrogen-bond acceptors (Lipinski definition) is 25. The third kappa shape index (κ3) is 11.1. The monoisotopic (exact) mass is 973 g/mol. The fourth-order valence-electron chi connectivity index (χ4n) is 7.59. The van der Waals surface area contributed by atoms with Crippen molar-refractivity contribution in [3.63, 3.8) is 0 Å². The molecule has 0 radical (unpaired) electrons. The van der Waals surface area contributed by atoms with Gasteiger partial charge in [-0.2, -0.15) is 0 Å². The molecular weight excluding hydrogens is 921 g/mol. The summed E-state index contributed by atoms with van der Waals surface area (Å²) in [6.07, 6.45) is -21.4. The number of aromatic nitrogens is 9. The lowest BCUT2D eigenvalue weighted by Crippen LogP contribution is -2.61. The van der Waals surface area contributed by atoms with Crippen LogP contribution in [0.1, 0.15) is 24.0 Å².